The Morgan fingerprint density at radius 1 is 1.12 bits per heavy atom. The highest BCUT2D eigenvalue weighted by Gasteiger charge is 2.20. The quantitative estimate of drug-likeness (QED) is 0.684. The summed E-state index contributed by atoms with van der Waals surface area (Å²) in [5, 5.41) is 1.34. The maximum absolute atomic E-state index is 3.63. The summed E-state index contributed by atoms with van der Waals surface area (Å²) in [6.07, 6.45) is 7.67. The molecule has 1 saturated carbocycles. The lowest BCUT2D eigenvalue weighted by molar-refractivity contribution is 0.294. The Kier molecular flexibility index (Phi) is 2.99. The third-order valence-electron chi connectivity index (χ3n) is 4.09. The summed E-state index contributed by atoms with van der Waals surface area (Å²) >= 11 is 3.63. The van der Waals surface area contributed by atoms with Crippen LogP contribution >= 0.6 is 15.9 Å². The Hall–Kier alpha value is -0.760. The molecule has 0 radical (unpaired) electrons. The van der Waals surface area contributed by atoms with Crippen LogP contribution < -0.4 is 0 Å². The lowest BCUT2D eigenvalue weighted by Gasteiger charge is -2.28. The maximum Gasteiger partial charge on any atom is 0.0494 e. The zero-order chi connectivity index (χ0) is 11.8. The molecule has 1 fully saturated rings. The van der Waals surface area contributed by atoms with Gasteiger partial charge >= 0.3 is 0 Å². The molecule has 1 nitrogen and oxygen atoms in total. The lowest BCUT2D eigenvalue weighted by Crippen LogP contribution is -2.15. The van der Waals surface area contributed by atoms with E-state index in [2.05, 4.69) is 57.9 Å². The SMILES string of the molecule is CC1CCC(n2ccc3c(Br)cccc32)CC1. The van der Waals surface area contributed by atoms with Gasteiger partial charge in [-0.25, -0.2) is 0 Å². The van der Waals surface area contributed by atoms with E-state index in [0.29, 0.717) is 6.04 Å². The predicted molar refractivity (Wildman–Crippen MR) is 76.3 cm³/mol. The number of halogens is 1. The van der Waals surface area contributed by atoms with Crippen molar-refractivity contribution in [2.75, 3.05) is 0 Å². The Bertz CT molecular complexity index is 521. The second-order valence-corrected chi connectivity index (χ2v) is 6.16. The molecule has 17 heavy (non-hydrogen) atoms. The van der Waals surface area contributed by atoms with Crippen LogP contribution in [0.25, 0.3) is 10.9 Å². The molecule has 0 unspecified atom stereocenters. The number of nitrogens with zero attached hydrogens (tertiary/aromatic N) is 1. The average Bonchev–Trinajstić information content (AvgIpc) is 2.75. The van der Waals surface area contributed by atoms with E-state index in [1.165, 1.54) is 41.1 Å². The Morgan fingerprint density at radius 3 is 2.65 bits per heavy atom. The van der Waals surface area contributed by atoms with E-state index in [1.54, 1.807) is 0 Å². The molecule has 0 bridgehead atoms. The molecule has 1 heterocycles. The first-order valence-electron chi connectivity index (χ1n) is 6.51. The van der Waals surface area contributed by atoms with Crippen LogP contribution in [0.5, 0.6) is 0 Å². The van der Waals surface area contributed by atoms with Gasteiger partial charge in [0.15, 0.2) is 0 Å². The van der Waals surface area contributed by atoms with Crippen molar-refractivity contribution in [2.45, 2.75) is 38.6 Å². The van der Waals surface area contributed by atoms with Gasteiger partial charge in [0.2, 0.25) is 0 Å². The normalized spacial score (nSPS) is 25.3. The fourth-order valence-electron chi connectivity index (χ4n) is 2.99. The summed E-state index contributed by atoms with van der Waals surface area (Å²) in [7, 11) is 0. The van der Waals surface area contributed by atoms with Crippen LogP contribution in [0.3, 0.4) is 0 Å². The smallest absolute Gasteiger partial charge is 0.0494 e. The van der Waals surface area contributed by atoms with Gasteiger partial charge in [-0.05, 0) is 49.8 Å². The summed E-state index contributed by atoms with van der Waals surface area (Å²) in [4.78, 5) is 0. The van der Waals surface area contributed by atoms with Gasteiger partial charge in [0.05, 0.1) is 0 Å². The summed E-state index contributed by atoms with van der Waals surface area (Å²) in [6.45, 7) is 2.38. The van der Waals surface area contributed by atoms with Crippen molar-refractivity contribution in [1.82, 2.24) is 4.57 Å². The molecule has 1 aromatic carbocycles. The third kappa shape index (κ3) is 2.03. The van der Waals surface area contributed by atoms with Crippen molar-refractivity contribution in [2.24, 2.45) is 5.92 Å². The average molecular weight is 292 g/mol. The van der Waals surface area contributed by atoms with Crippen LogP contribution in [0.4, 0.5) is 0 Å². The summed E-state index contributed by atoms with van der Waals surface area (Å²) in [5.41, 5.74) is 1.37. The molecule has 1 aliphatic rings. The topological polar surface area (TPSA) is 4.93 Å². The van der Waals surface area contributed by atoms with E-state index in [9.17, 15) is 0 Å². The number of fused-ring (bicyclic) bond motifs is 1. The molecule has 1 aromatic heterocycles. The summed E-state index contributed by atoms with van der Waals surface area (Å²) in [6, 6.07) is 9.43. The van der Waals surface area contributed by atoms with Crippen LogP contribution in [0.15, 0.2) is 34.9 Å². The first-order valence-corrected chi connectivity index (χ1v) is 7.30. The highest BCUT2D eigenvalue weighted by Crippen LogP contribution is 2.35. The summed E-state index contributed by atoms with van der Waals surface area (Å²) in [5.74, 6) is 0.916. The molecule has 2 aromatic rings. The van der Waals surface area contributed by atoms with Crippen molar-refractivity contribution in [3.63, 3.8) is 0 Å². The van der Waals surface area contributed by atoms with Gasteiger partial charge in [-0.1, -0.05) is 28.9 Å². The van der Waals surface area contributed by atoms with Gasteiger partial charge in [-0.15, -0.1) is 0 Å². The molecule has 90 valence electrons. The fourth-order valence-corrected chi connectivity index (χ4v) is 3.48. The maximum atomic E-state index is 3.63. The lowest BCUT2D eigenvalue weighted by atomic mass is 9.87. The van der Waals surface area contributed by atoms with Crippen LogP contribution in [-0.2, 0) is 0 Å². The number of hydrogen-bond acceptors (Lipinski definition) is 0. The monoisotopic (exact) mass is 291 g/mol. The highest BCUT2D eigenvalue weighted by molar-refractivity contribution is 9.10. The number of hydrogen-bond donors (Lipinski definition) is 0. The minimum absolute atomic E-state index is 0.706. The van der Waals surface area contributed by atoms with Crippen LogP contribution in [-0.4, -0.2) is 4.57 Å². The second kappa shape index (κ2) is 4.49. The zero-order valence-corrected chi connectivity index (χ0v) is 11.8. The van der Waals surface area contributed by atoms with Crippen molar-refractivity contribution in [1.29, 1.82) is 0 Å². The third-order valence-corrected chi connectivity index (χ3v) is 4.78. The van der Waals surface area contributed by atoms with Crippen LogP contribution in [0, 0.1) is 5.92 Å². The van der Waals surface area contributed by atoms with E-state index in [-0.39, 0.29) is 0 Å². The molecule has 0 amide bonds. The minimum atomic E-state index is 0.706. The van der Waals surface area contributed by atoms with Crippen molar-refractivity contribution in [3.8, 4) is 0 Å². The van der Waals surface area contributed by atoms with Gasteiger partial charge in [-0.3, -0.25) is 0 Å². The van der Waals surface area contributed by atoms with Gasteiger partial charge < -0.3 is 4.57 Å². The Morgan fingerprint density at radius 2 is 1.88 bits per heavy atom. The first kappa shape index (κ1) is 11.3. The van der Waals surface area contributed by atoms with E-state index in [4.69, 9.17) is 0 Å². The van der Waals surface area contributed by atoms with E-state index in [1.807, 2.05) is 0 Å². The standard InChI is InChI=1S/C15H18BrN/c1-11-5-7-12(8-6-11)17-10-9-13-14(16)3-2-4-15(13)17/h2-4,9-12H,5-8H2,1H3. The highest BCUT2D eigenvalue weighted by atomic mass is 79.9. The molecule has 1 aliphatic carbocycles. The number of rotatable bonds is 1. The Labute approximate surface area is 111 Å². The summed E-state index contributed by atoms with van der Waals surface area (Å²) < 4.78 is 3.68. The van der Waals surface area contributed by atoms with Gasteiger partial charge in [0.1, 0.15) is 0 Å². The zero-order valence-electron chi connectivity index (χ0n) is 10.2. The molecular formula is C15H18BrN. The molecule has 3 rings (SSSR count). The second-order valence-electron chi connectivity index (χ2n) is 5.31. The van der Waals surface area contributed by atoms with E-state index >= 15 is 0 Å². The van der Waals surface area contributed by atoms with Crippen molar-refractivity contribution < 1.29 is 0 Å². The molecular weight excluding hydrogens is 274 g/mol. The predicted octanol–water partition coefficient (Wildman–Crippen LogP) is 5.16. The molecule has 0 saturated heterocycles. The molecule has 0 N–H and O–H groups in total. The number of benzene rings is 1. The molecule has 0 spiro atoms. The number of aromatic nitrogens is 1. The first-order chi connectivity index (χ1) is 8.25. The van der Waals surface area contributed by atoms with Crippen LogP contribution in [0.2, 0.25) is 0 Å². The van der Waals surface area contributed by atoms with E-state index < -0.39 is 0 Å². The molecule has 0 aliphatic heterocycles. The van der Waals surface area contributed by atoms with Crippen molar-refractivity contribution >= 4 is 26.8 Å². The largest absolute Gasteiger partial charge is 0.344 e. The van der Waals surface area contributed by atoms with E-state index in [0.717, 1.165) is 5.92 Å². The minimum Gasteiger partial charge on any atom is -0.344 e. The molecule has 2 heteroatoms. The molecule has 0 atom stereocenters. The van der Waals surface area contributed by atoms with Crippen LogP contribution in [0.1, 0.15) is 38.6 Å². The fraction of sp³-hybridized carbons (Fsp3) is 0.467. The van der Waals surface area contributed by atoms with Crippen molar-refractivity contribution in [3.05, 3.63) is 34.9 Å². The van der Waals surface area contributed by atoms with Gasteiger partial charge in [0.25, 0.3) is 0 Å². The van der Waals surface area contributed by atoms with Gasteiger partial charge in [-0.2, -0.15) is 0 Å². The van der Waals surface area contributed by atoms with Gasteiger partial charge in [0, 0.05) is 27.6 Å². The Balaban J connectivity index is 1.98.